The molecule has 2 N–H and O–H groups in total. The lowest BCUT2D eigenvalue weighted by molar-refractivity contribution is 0.588. The third-order valence-corrected chi connectivity index (χ3v) is 6.68. The molecule has 6 nitrogen and oxygen atoms in total. The molecule has 0 aliphatic heterocycles. The van der Waals surface area contributed by atoms with Gasteiger partial charge >= 0.3 is 0 Å². The number of sulfonamides is 2. The number of rotatable bonds is 5. The molecule has 0 saturated carbocycles. The van der Waals surface area contributed by atoms with Gasteiger partial charge in [0, 0.05) is 5.69 Å². The van der Waals surface area contributed by atoms with Crippen molar-refractivity contribution in [1.29, 1.82) is 0 Å². The minimum Gasteiger partial charge on any atom is -0.280 e. The van der Waals surface area contributed by atoms with Crippen LogP contribution in [-0.4, -0.2) is 23.9 Å². The molecule has 0 bridgehead atoms. The van der Waals surface area contributed by atoms with E-state index < -0.39 is 20.0 Å². The minimum absolute atomic E-state index is 0.0173. The van der Waals surface area contributed by atoms with Crippen molar-refractivity contribution in [2.45, 2.75) is 9.79 Å². The molecular weight excluding hydrogens is 383 g/mol. The summed E-state index contributed by atoms with van der Waals surface area (Å²) in [6.07, 6.45) is 0. The Morgan fingerprint density at radius 1 is 0.870 bits per heavy atom. The fraction of sp³-hybridized carbons (Fsp3) is 0.0769. The number of nitrogens with one attached hydrogen (secondary N) is 2. The molecule has 0 aliphatic rings. The van der Waals surface area contributed by atoms with Crippen LogP contribution in [0.4, 0.5) is 5.69 Å². The van der Waals surface area contributed by atoms with Crippen molar-refractivity contribution < 1.29 is 16.8 Å². The predicted molar refractivity (Wildman–Crippen MR) is 90.0 cm³/mol. The zero-order valence-corrected chi connectivity index (χ0v) is 14.9. The summed E-state index contributed by atoms with van der Waals surface area (Å²) in [7, 11) is -6.26. The highest BCUT2D eigenvalue weighted by Crippen LogP contribution is 2.30. The van der Waals surface area contributed by atoms with E-state index in [9.17, 15) is 16.8 Å². The van der Waals surface area contributed by atoms with Gasteiger partial charge in [-0.15, -0.1) is 0 Å². The molecule has 0 fully saturated rings. The molecule has 2 aromatic rings. The number of hydrogen-bond donors (Lipinski definition) is 2. The summed E-state index contributed by atoms with van der Waals surface area (Å²) in [5.41, 5.74) is 0.191. The minimum atomic E-state index is -3.95. The van der Waals surface area contributed by atoms with Crippen LogP contribution in [0.15, 0.2) is 52.3 Å². The van der Waals surface area contributed by atoms with Gasteiger partial charge < -0.3 is 0 Å². The van der Waals surface area contributed by atoms with E-state index in [0.29, 0.717) is 0 Å². The Bertz CT molecular complexity index is 927. The molecule has 2 rings (SSSR count). The molecule has 2 aromatic carbocycles. The number of hydrogen-bond acceptors (Lipinski definition) is 4. The molecular formula is C13H12Cl2N2O4S2. The molecule has 0 atom stereocenters. The second kappa shape index (κ2) is 6.66. The van der Waals surface area contributed by atoms with Crippen LogP contribution < -0.4 is 9.44 Å². The van der Waals surface area contributed by atoms with Crippen LogP contribution in [0.2, 0.25) is 10.0 Å². The van der Waals surface area contributed by atoms with E-state index in [0.717, 1.165) is 0 Å². The van der Waals surface area contributed by atoms with Crippen LogP contribution in [0.3, 0.4) is 0 Å². The standard InChI is InChI=1S/C13H12Cl2N2O4S2/c1-16-22(18,19)10-7-5-9(6-8-10)17-23(20,21)12-4-2-3-11(14)13(12)15/h2-8,16-17H,1H3. The Labute approximate surface area is 144 Å². The molecule has 0 spiro atoms. The first-order valence-electron chi connectivity index (χ1n) is 6.18. The lowest BCUT2D eigenvalue weighted by atomic mass is 10.3. The Hall–Kier alpha value is -1.32. The zero-order chi connectivity index (χ0) is 17.3. The van der Waals surface area contributed by atoms with Crippen LogP contribution in [0.5, 0.6) is 0 Å². The second-order valence-electron chi connectivity index (χ2n) is 4.39. The van der Waals surface area contributed by atoms with E-state index in [1.165, 1.54) is 49.5 Å². The SMILES string of the molecule is CNS(=O)(=O)c1ccc(NS(=O)(=O)c2cccc(Cl)c2Cl)cc1. The maximum absolute atomic E-state index is 12.3. The van der Waals surface area contributed by atoms with Crippen LogP contribution in [0, 0.1) is 0 Å². The summed E-state index contributed by atoms with van der Waals surface area (Å²) < 4.78 is 52.4. The van der Waals surface area contributed by atoms with E-state index >= 15 is 0 Å². The Morgan fingerprint density at radius 3 is 2.04 bits per heavy atom. The van der Waals surface area contributed by atoms with Gasteiger partial charge in [-0.1, -0.05) is 29.3 Å². The lowest BCUT2D eigenvalue weighted by Gasteiger charge is -2.10. The smallest absolute Gasteiger partial charge is 0.263 e. The molecule has 124 valence electrons. The zero-order valence-electron chi connectivity index (χ0n) is 11.7. The maximum atomic E-state index is 12.3. The van der Waals surface area contributed by atoms with E-state index in [-0.39, 0.29) is 25.5 Å². The van der Waals surface area contributed by atoms with Crippen LogP contribution >= 0.6 is 23.2 Å². The van der Waals surface area contributed by atoms with Crippen molar-refractivity contribution in [3.05, 3.63) is 52.5 Å². The van der Waals surface area contributed by atoms with Gasteiger partial charge in [-0.3, -0.25) is 4.72 Å². The first-order chi connectivity index (χ1) is 10.7. The lowest BCUT2D eigenvalue weighted by Crippen LogP contribution is -2.18. The number of halogens is 2. The predicted octanol–water partition coefficient (Wildman–Crippen LogP) is 2.70. The molecule has 0 heterocycles. The average Bonchev–Trinajstić information content (AvgIpc) is 2.50. The fourth-order valence-corrected chi connectivity index (χ4v) is 4.27. The Balaban J connectivity index is 2.33. The number of anilines is 1. The molecule has 23 heavy (non-hydrogen) atoms. The summed E-state index contributed by atoms with van der Waals surface area (Å²) in [6, 6.07) is 9.48. The van der Waals surface area contributed by atoms with Gasteiger partial charge in [0.15, 0.2) is 0 Å². The Morgan fingerprint density at radius 2 is 1.48 bits per heavy atom. The Kier molecular flexibility index (Phi) is 5.22. The normalized spacial score (nSPS) is 12.1. The summed E-state index contributed by atoms with van der Waals surface area (Å²) in [4.78, 5) is -0.151. The van der Waals surface area contributed by atoms with Gasteiger partial charge in [0.25, 0.3) is 10.0 Å². The van der Waals surface area contributed by atoms with Gasteiger partial charge in [-0.2, -0.15) is 0 Å². The molecule has 0 aromatic heterocycles. The van der Waals surface area contributed by atoms with Crippen LogP contribution in [0.1, 0.15) is 0 Å². The average molecular weight is 395 g/mol. The molecule has 0 amide bonds. The summed E-state index contributed by atoms with van der Waals surface area (Å²) in [6.45, 7) is 0. The first kappa shape index (κ1) is 18.0. The highest BCUT2D eigenvalue weighted by Gasteiger charge is 2.20. The second-order valence-corrected chi connectivity index (χ2v) is 8.71. The van der Waals surface area contributed by atoms with Gasteiger partial charge in [0.2, 0.25) is 10.0 Å². The highest BCUT2D eigenvalue weighted by atomic mass is 35.5. The highest BCUT2D eigenvalue weighted by molar-refractivity contribution is 7.92. The van der Waals surface area contributed by atoms with E-state index in [1.54, 1.807) is 0 Å². The molecule has 0 aliphatic carbocycles. The summed E-state index contributed by atoms with van der Waals surface area (Å²) in [5, 5.41) is 0.0288. The molecule has 0 radical (unpaired) electrons. The van der Waals surface area contributed by atoms with Gasteiger partial charge in [-0.05, 0) is 43.4 Å². The van der Waals surface area contributed by atoms with E-state index in [2.05, 4.69) is 9.44 Å². The van der Waals surface area contributed by atoms with Crippen molar-refractivity contribution >= 4 is 48.9 Å². The first-order valence-corrected chi connectivity index (χ1v) is 9.90. The monoisotopic (exact) mass is 394 g/mol. The van der Waals surface area contributed by atoms with Crippen LogP contribution in [-0.2, 0) is 20.0 Å². The van der Waals surface area contributed by atoms with Gasteiger partial charge in [0.1, 0.15) is 4.90 Å². The summed E-state index contributed by atoms with van der Waals surface area (Å²) >= 11 is 11.7. The third-order valence-electron chi connectivity index (χ3n) is 2.89. The summed E-state index contributed by atoms with van der Waals surface area (Å²) in [5.74, 6) is 0. The fourth-order valence-electron chi connectivity index (χ4n) is 1.72. The molecule has 0 unspecified atom stereocenters. The van der Waals surface area contributed by atoms with Crippen LogP contribution in [0.25, 0.3) is 0 Å². The van der Waals surface area contributed by atoms with E-state index in [4.69, 9.17) is 23.2 Å². The quantitative estimate of drug-likeness (QED) is 0.814. The van der Waals surface area contributed by atoms with Gasteiger partial charge in [0.05, 0.1) is 14.9 Å². The number of benzene rings is 2. The third kappa shape index (κ3) is 3.96. The van der Waals surface area contributed by atoms with Gasteiger partial charge in [-0.25, -0.2) is 21.6 Å². The van der Waals surface area contributed by atoms with Crippen molar-refractivity contribution in [1.82, 2.24) is 4.72 Å². The molecule has 0 saturated heterocycles. The van der Waals surface area contributed by atoms with Crippen molar-refractivity contribution in [2.24, 2.45) is 0 Å². The largest absolute Gasteiger partial charge is 0.280 e. The van der Waals surface area contributed by atoms with Crippen molar-refractivity contribution in [3.8, 4) is 0 Å². The molecule has 10 heteroatoms. The van der Waals surface area contributed by atoms with Crippen molar-refractivity contribution in [2.75, 3.05) is 11.8 Å². The van der Waals surface area contributed by atoms with Crippen molar-refractivity contribution in [3.63, 3.8) is 0 Å². The topological polar surface area (TPSA) is 92.3 Å². The van der Waals surface area contributed by atoms with E-state index in [1.807, 2.05) is 0 Å². The maximum Gasteiger partial charge on any atom is 0.263 e.